The topological polar surface area (TPSA) is 58.2 Å². The third kappa shape index (κ3) is 3.59. The highest BCUT2D eigenvalue weighted by Gasteiger charge is 2.33. The van der Waals surface area contributed by atoms with Crippen molar-refractivity contribution in [3.63, 3.8) is 0 Å². The van der Waals surface area contributed by atoms with E-state index < -0.39 is 5.41 Å². The fraction of sp³-hybridized carbons (Fsp3) is 0.455. The normalized spacial score (nSPS) is 18.5. The molecule has 2 aromatic heterocycles. The lowest BCUT2D eigenvalue weighted by Gasteiger charge is -2.34. The third-order valence-electron chi connectivity index (χ3n) is 5.30. The number of aromatic nitrogens is 2. The zero-order valence-corrected chi connectivity index (χ0v) is 17.7. The van der Waals surface area contributed by atoms with E-state index in [0.717, 1.165) is 47.7 Å². The van der Waals surface area contributed by atoms with Crippen molar-refractivity contribution in [2.24, 2.45) is 5.41 Å². The molecule has 5 nitrogen and oxygen atoms in total. The van der Waals surface area contributed by atoms with Gasteiger partial charge in [-0.3, -0.25) is 0 Å². The predicted octanol–water partition coefficient (Wildman–Crippen LogP) is 5.63. The summed E-state index contributed by atoms with van der Waals surface area (Å²) in [7, 11) is 0. The molecule has 3 aromatic rings. The Morgan fingerprint density at radius 1 is 1.29 bits per heavy atom. The number of para-hydroxylation sites is 1. The van der Waals surface area contributed by atoms with Gasteiger partial charge < -0.3 is 9.82 Å². The monoisotopic (exact) mass is 397 g/mol. The van der Waals surface area contributed by atoms with Crippen LogP contribution in [0.3, 0.4) is 0 Å². The van der Waals surface area contributed by atoms with Gasteiger partial charge >= 0.3 is 5.97 Å². The number of aromatic amines is 1. The molecule has 28 heavy (non-hydrogen) atoms. The Morgan fingerprint density at radius 2 is 2.07 bits per heavy atom. The second kappa shape index (κ2) is 7.33. The van der Waals surface area contributed by atoms with Crippen molar-refractivity contribution in [1.29, 1.82) is 0 Å². The minimum absolute atomic E-state index is 0.0310. The molecular weight excluding hydrogens is 370 g/mol. The van der Waals surface area contributed by atoms with E-state index in [1.54, 1.807) is 11.3 Å². The summed E-state index contributed by atoms with van der Waals surface area (Å²) in [5, 5.41) is 6.18. The highest BCUT2D eigenvalue weighted by molar-refractivity contribution is 7.10. The van der Waals surface area contributed by atoms with Crippen molar-refractivity contribution in [2.75, 3.05) is 6.54 Å². The largest absolute Gasteiger partial charge is 0.367 e. The lowest BCUT2D eigenvalue weighted by molar-refractivity contribution is -0.218. The summed E-state index contributed by atoms with van der Waals surface area (Å²) in [6.07, 6.45) is 3.11. The maximum Gasteiger partial charge on any atom is 0.330 e. The van der Waals surface area contributed by atoms with E-state index >= 15 is 0 Å². The molecule has 148 valence electrons. The maximum atomic E-state index is 12.4. The Bertz CT molecular complexity index is 999. The molecule has 1 aliphatic rings. The maximum absolute atomic E-state index is 12.4. The van der Waals surface area contributed by atoms with Gasteiger partial charge in [-0.2, -0.15) is 0 Å². The van der Waals surface area contributed by atoms with Crippen molar-refractivity contribution in [3.8, 4) is 11.4 Å². The van der Waals surface area contributed by atoms with E-state index in [0.29, 0.717) is 0 Å². The van der Waals surface area contributed by atoms with Crippen molar-refractivity contribution in [1.82, 2.24) is 15.0 Å². The van der Waals surface area contributed by atoms with Gasteiger partial charge in [-0.15, -0.1) is 16.4 Å². The zero-order valence-electron chi connectivity index (χ0n) is 16.9. The van der Waals surface area contributed by atoms with Gasteiger partial charge in [0.1, 0.15) is 5.01 Å². The minimum Gasteiger partial charge on any atom is -0.367 e. The molecule has 1 N–H and O–H groups in total. The smallest absolute Gasteiger partial charge is 0.330 e. The predicted molar refractivity (Wildman–Crippen MR) is 113 cm³/mol. The van der Waals surface area contributed by atoms with Crippen LogP contribution in [0.5, 0.6) is 0 Å². The summed E-state index contributed by atoms with van der Waals surface area (Å²) in [4.78, 5) is 26.6. The number of hydrogen-bond donors (Lipinski definition) is 1. The fourth-order valence-electron chi connectivity index (χ4n) is 3.60. The zero-order chi connectivity index (χ0) is 19.9. The lowest BCUT2D eigenvalue weighted by Crippen LogP contribution is -2.38. The fourth-order valence-corrected chi connectivity index (χ4v) is 4.54. The number of carbonyl (C=O) groups excluding carboxylic acids is 1. The van der Waals surface area contributed by atoms with E-state index in [4.69, 9.17) is 9.82 Å². The van der Waals surface area contributed by atoms with Gasteiger partial charge in [0.15, 0.2) is 0 Å². The van der Waals surface area contributed by atoms with Crippen LogP contribution in [0, 0.1) is 12.3 Å². The number of carbonyl (C=O) groups is 1. The van der Waals surface area contributed by atoms with E-state index in [9.17, 15) is 4.79 Å². The Morgan fingerprint density at radius 3 is 2.82 bits per heavy atom. The number of rotatable bonds is 3. The number of nitrogens with one attached hydrogen (secondary N) is 1. The number of H-pyrrole nitrogens is 1. The number of hydrogen-bond acceptors (Lipinski definition) is 5. The van der Waals surface area contributed by atoms with E-state index in [1.165, 1.54) is 10.9 Å². The molecule has 1 aliphatic heterocycles. The minimum atomic E-state index is -0.516. The van der Waals surface area contributed by atoms with Crippen LogP contribution in [0.2, 0.25) is 0 Å². The van der Waals surface area contributed by atoms with Crippen molar-refractivity contribution in [3.05, 3.63) is 40.2 Å². The molecule has 0 aliphatic carbocycles. The Labute approximate surface area is 169 Å². The quantitative estimate of drug-likeness (QED) is 0.622. The molecule has 0 unspecified atom stereocenters. The second-order valence-corrected chi connectivity index (χ2v) is 9.41. The molecule has 1 atom stereocenters. The van der Waals surface area contributed by atoms with Gasteiger partial charge in [-0.25, -0.2) is 9.78 Å². The molecule has 0 saturated carbocycles. The van der Waals surface area contributed by atoms with Gasteiger partial charge in [0.25, 0.3) is 0 Å². The van der Waals surface area contributed by atoms with Gasteiger partial charge in [-0.1, -0.05) is 18.2 Å². The Hall–Kier alpha value is -2.18. The number of thiazole rings is 1. The van der Waals surface area contributed by atoms with Crippen LogP contribution < -0.4 is 0 Å². The standard InChI is InChI=1S/C22H27N3O2S/c1-14-15-9-5-6-10-16(15)23-19(14)17-13-28-20(24-17)18-11-7-8-12-25(18)27-21(26)22(2,3)4/h5-6,9-10,13,18,23H,7-8,11-12H2,1-4H3/t18-/m1/s1. The Kier molecular flexibility index (Phi) is 5.02. The number of piperidine rings is 1. The second-order valence-electron chi connectivity index (χ2n) is 8.52. The van der Waals surface area contributed by atoms with Crippen molar-refractivity contribution in [2.45, 2.75) is 53.0 Å². The number of nitrogens with zero attached hydrogens (tertiary/aromatic N) is 2. The molecule has 1 saturated heterocycles. The summed E-state index contributed by atoms with van der Waals surface area (Å²) >= 11 is 1.64. The van der Waals surface area contributed by atoms with Crippen LogP contribution in [0.15, 0.2) is 29.6 Å². The summed E-state index contributed by atoms with van der Waals surface area (Å²) < 4.78 is 0. The first-order chi connectivity index (χ1) is 13.3. The first-order valence-corrected chi connectivity index (χ1v) is 10.7. The summed E-state index contributed by atoms with van der Waals surface area (Å²) in [5.41, 5.74) is 3.85. The number of aryl methyl sites for hydroxylation is 1. The SMILES string of the molecule is Cc1c(-c2csc([C@H]3CCCCN3OC(=O)C(C)(C)C)n2)[nH]c2ccccc12. The number of hydroxylamine groups is 2. The lowest BCUT2D eigenvalue weighted by atomic mass is 9.97. The molecule has 0 amide bonds. The van der Waals surface area contributed by atoms with E-state index in [1.807, 2.05) is 31.9 Å². The molecule has 4 rings (SSSR count). The summed E-state index contributed by atoms with van der Waals surface area (Å²) in [6.45, 7) is 8.54. The van der Waals surface area contributed by atoms with Gasteiger partial charge in [0.05, 0.1) is 22.8 Å². The van der Waals surface area contributed by atoms with Crippen LogP contribution in [0.1, 0.15) is 56.6 Å². The van der Waals surface area contributed by atoms with Crippen LogP contribution in [0.4, 0.5) is 0 Å². The van der Waals surface area contributed by atoms with Crippen LogP contribution in [-0.2, 0) is 9.63 Å². The highest BCUT2D eigenvalue weighted by Crippen LogP contribution is 2.37. The van der Waals surface area contributed by atoms with Gasteiger partial charge in [0, 0.05) is 22.8 Å². The first-order valence-electron chi connectivity index (χ1n) is 9.87. The average Bonchev–Trinajstić information content (AvgIpc) is 3.27. The molecule has 3 heterocycles. The van der Waals surface area contributed by atoms with Gasteiger partial charge in [-0.05, 0) is 58.6 Å². The van der Waals surface area contributed by atoms with E-state index in [-0.39, 0.29) is 12.0 Å². The Balaban J connectivity index is 1.61. The van der Waals surface area contributed by atoms with E-state index in [2.05, 4.69) is 35.5 Å². The average molecular weight is 398 g/mol. The third-order valence-corrected chi connectivity index (χ3v) is 6.24. The molecule has 1 aromatic carbocycles. The van der Waals surface area contributed by atoms with Crippen LogP contribution >= 0.6 is 11.3 Å². The molecule has 1 fully saturated rings. The molecular formula is C22H27N3O2S. The summed E-state index contributed by atoms with van der Waals surface area (Å²) in [5.74, 6) is -0.192. The first kappa shape index (κ1) is 19.2. The van der Waals surface area contributed by atoms with Gasteiger partial charge in [0.2, 0.25) is 0 Å². The highest BCUT2D eigenvalue weighted by atomic mass is 32.1. The number of benzene rings is 1. The molecule has 6 heteroatoms. The molecule has 0 spiro atoms. The molecule has 0 radical (unpaired) electrons. The van der Waals surface area contributed by atoms with Crippen LogP contribution in [-0.4, -0.2) is 27.5 Å². The van der Waals surface area contributed by atoms with Crippen molar-refractivity contribution >= 4 is 28.2 Å². The molecule has 0 bridgehead atoms. The number of fused-ring (bicyclic) bond motifs is 1. The summed E-state index contributed by atoms with van der Waals surface area (Å²) in [6, 6.07) is 8.35. The van der Waals surface area contributed by atoms with Crippen molar-refractivity contribution < 1.29 is 9.63 Å². The van der Waals surface area contributed by atoms with Crippen LogP contribution in [0.25, 0.3) is 22.3 Å².